The van der Waals surface area contributed by atoms with Gasteiger partial charge in [0, 0.05) is 11.6 Å². The van der Waals surface area contributed by atoms with Crippen molar-refractivity contribution >= 4 is 5.78 Å². The van der Waals surface area contributed by atoms with Gasteiger partial charge in [0.15, 0.2) is 11.5 Å². The topological polar surface area (TPSA) is 43.4 Å². The number of Topliss-reactive ketones (excluding diaryl/α,β-unsaturated/α-hetero) is 1. The fourth-order valence-corrected chi connectivity index (χ4v) is 1.08. The van der Waals surface area contributed by atoms with Gasteiger partial charge in [-0.3, -0.25) is 9.59 Å². The van der Waals surface area contributed by atoms with Gasteiger partial charge in [0.1, 0.15) is 0 Å². The normalized spacial score (nSPS) is 9.57. The highest BCUT2D eigenvalue weighted by Gasteiger charge is 2.01. The molecule has 3 heteroatoms. The minimum Gasteiger partial charge on any atom is -0.490 e. The highest BCUT2D eigenvalue weighted by atomic mass is 16.5. The maximum Gasteiger partial charge on any atom is 0.221 e. The molecule has 0 spiro atoms. The predicted molar refractivity (Wildman–Crippen MR) is 53.9 cm³/mol. The van der Waals surface area contributed by atoms with Crippen LogP contribution in [0.2, 0.25) is 0 Å². The Hall–Kier alpha value is -1.64. The van der Waals surface area contributed by atoms with Gasteiger partial charge in [-0.1, -0.05) is 12.1 Å². The van der Waals surface area contributed by atoms with Crippen LogP contribution in [0.5, 0.6) is 5.75 Å². The maximum absolute atomic E-state index is 11.5. The summed E-state index contributed by atoms with van der Waals surface area (Å²) in [5.41, 5.74) is 0.142. The fraction of sp³-hybridized carbons (Fsp3) is 0.273. The molecule has 0 saturated heterocycles. The maximum atomic E-state index is 11.5. The minimum atomic E-state index is -0.262. The van der Waals surface area contributed by atoms with Gasteiger partial charge in [0.25, 0.3) is 0 Å². The van der Waals surface area contributed by atoms with Crippen molar-refractivity contribution in [1.29, 1.82) is 0 Å². The molecule has 14 heavy (non-hydrogen) atoms. The zero-order chi connectivity index (χ0) is 10.6. The van der Waals surface area contributed by atoms with Crippen LogP contribution in [0.25, 0.3) is 0 Å². The lowest BCUT2D eigenvalue weighted by atomic mass is 10.2. The second-order valence-electron chi connectivity index (χ2n) is 2.84. The van der Waals surface area contributed by atoms with Crippen molar-refractivity contribution < 1.29 is 9.53 Å². The van der Waals surface area contributed by atoms with E-state index in [1.54, 1.807) is 25.1 Å². The van der Waals surface area contributed by atoms with Crippen LogP contribution in [0.15, 0.2) is 29.1 Å². The first kappa shape index (κ1) is 10.4. The third kappa shape index (κ3) is 2.42. The SMILES string of the molecule is CCOc1cccc(C(C)=O)cc1=O. The molecule has 1 aromatic rings. The summed E-state index contributed by atoms with van der Waals surface area (Å²) in [6.45, 7) is 3.67. The Balaban J connectivity index is 3.23. The van der Waals surface area contributed by atoms with E-state index < -0.39 is 0 Å². The van der Waals surface area contributed by atoms with Crippen LogP contribution in [0.1, 0.15) is 24.2 Å². The Kier molecular flexibility index (Phi) is 3.40. The van der Waals surface area contributed by atoms with Gasteiger partial charge in [-0.25, -0.2) is 0 Å². The Labute approximate surface area is 82.3 Å². The summed E-state index contributed by atoms with van der Waals surface area (Å²) in [5, 5.41) is 0. The van der Waals surface area contributed by atoms with E-state index in [0.717, 1.165) is 0 Å². The summed E-state index contributed by atoms with van der Waals surface area (Å²) in [7, 11) is 0. The quantitative estimate of drug-likeness (QED) is 0.684. The molecule has 0 fully saturated rings. The molecule has 1 rings (SSSR count). The van der Waals surface area contributed by atoms with Gasteiger partial charge in [0.05, 0.1) is 6.61 Å². The summed E-state index contributed by atoms with van der Waals surface area (Å²) >= 11 is 0. The zero-order valence-electron chi connectivity index (χ0n) is 8.24. The molecule has 0 aliphatic carbocycles. The van der Waals surface area contributed by atoms with E-state index in [0.29, 0.717) is 12.2 Å². The monoisotopic (exact) mass is 192 g/mol. The van der Waals surface area contributed by atoms with E-state index in [2.05, 4.69) is 0 Å². The van der Waals surface area contributed by atoms with E-state index in [4.69, 9.17) is 4.74 Å². The van der Waals surface area contributed by atoms with Gasteiger partial charge in [-0.15, -0.1) is 0 Å². The van der Waals surface area contributed by atoms with Crippen LogP contribution >= 0.6 is 0 Å². The molecule has 1 aromatic carbocycles. The average Bonchev–Trinajstić information content (AvgIpc) is 2.30. The number of hydrogen-bond donors (Lipinski definition) is 0. The highest BCUT2D eigenvalue weighted by molar-refractivity contribution is 5.93. The van der Waals surface area contributed by atoms with Gasteiger partial charge in [-0.05, 0) is 19.9 Å². The van der Waals surface area contributed by atoms with E-state index in [9.17, 15) is 9.59 Å². The molecule has 0 unspecified atom stereocenters. The number of ketones is 1. The van der Waals surface area contributed by atoms with Crippen LogP contribution in [0.4, 0.5) is 0 Å². The van der Waals surface area contributed by atoms with Crippen LogP contribution in [-0.4, -0.2) is 12.4 Å². The van der Waals surface area contributed by atoms with Gasteiger partial charge in [0.2, 0.25) is 5.43 Å². The summed E-state index contributed by atoms with van der Waals surface area (Å²) < 4.78 is 5.11. The average molecular weight is 192 g/mol. The van der Waals surface area contributed by atoms with Crippen molar-refractivity contribution in [3.8, 4) is 5.75 Å². The number of hydrogen-bond acceptors (Lipinski definition) is 3. The third-order valence-corrected chi connectivity index (χ3v) is 1.76. The number of carbonyl (C=O) groups is 1. The minimum absolute atomic E-state index is 0.124. The van der Waals surface area contributed by atoms with Crippen molar-refractivity contribution in [1.82, 2.24) is 0 Å². The molecule has 0 aliphatic heterocycles. The number of ether oxygens (including phenoxy) is 1. The standard InChI is InChI=1S/C11H12O3/c1-3-14-11-6-4-5-9(8(2)12)7-10(11)13/h4-7H,3H2,1-2H3. The van der Waals surface area contributed by atoms with Gasteiger partial charge < -0.3 is 4.74 Å². The van der Waals surface area contributed by atoms with Gasteiger partial charge in [-0.2, -0.15) is 0 Å². The van der Waals surface area contributed by atoms with Crippen LogP contribution in [0, 0.1) is 0 Å². The van der Waals surface area contributed by atoms with Crippen molar-refractivity contribution in [3.63, 3.8) is 0 Å². The fourth-order valence-electron chi connectivity index (χ4n) is 1.08. The highest BCUT2D eigenvalue weighted by Crippen LogP contribution is 2.03. The van der Waals surface area contributed by atoms with Crippen LogP contribution < -0.4 is 10.2 Å². The summed E-state index contributed by atoms with van der Waals surface area (Å²) in [5.74, 6) is 0.153. The van der Waals surface area contributed by atoms with Crippen molar-refractivity contribution in [2.24, 2.45) is 0 Å². The first-order chi connectivity index (χ1) is 6.65. The van der Waals surface area contributed by atoms with Crippen molar-refractivity contribution in [2.45, 2.75) is 13.8 Å². The van der Waals surface area contributed by atoms with E-state index in [-0.39, 0.29) is 17.0 Å². The Morgan fingerprint density at radius 2 is 2.14 bits per heavy atom. The second kappa shape index (κ2) is 4.56. The van der Waals surface area contributed by atoms with Crippen LogP contribution in [0.3, 0.4) is 0 Å². The zero-order valence-corrected chi connectivity index (χ0v) is 8.24. The molecule has 0 saturated carbocycles. The van der Waals surface area contributed by atoms with E-state index >= 15 is 0 Å². The molecule has 0 aliphatic rings. The first-order valence-electron chi connectivity index (χ1n) is 4.43. The largest absolute Gasteiger partial charge is 0.490 e. The molecule has 0 heterocycles. The Bertz CT molecular complexity index is 396. The lowest BCUT2D eigenvalue weighted by molar-refractivity contribution is 0.101. The molecule has 74 valence electrons. The Morgan fingerprint density at radius 1 is 1.43 bits per heavy atom. The van der Waals surface area contributed by atoms with Crippen LogP contribution in [-0.2, 0) is 0 Å². The summed E-state index contributed by atoms with van der Waals surface area (Å²) in [4.78, 5) is 22.5. The Morgan fingerprint density at radius 3 is 2.71 bits per heavy atom. The molecule has 0 N–H and O–H groups in total. The van der Waals surface area contributed by atoms with Crippen molar-refractivity contribution in [3.05, 3.63) is 40.1 Å². The lowest BCUT2D eigenvalue weighted by Crippen LogP contribution is -2.05. The molecular weight excluding hydrogens is 180 g/mol. The number of carbonyl (C=O) groups excluding carboxylic acids is 1. The third-order valence-electron chi connectivity index (χ3n) is 1.76. The number of rotatable bonds is 3. The van der Waals surface area contributed by atoms with E-state index in [1.807, 2.05) is 0 Å². The summed E-state index contributed by atoms with van der Waals surface area (Å²) in [6, 6.07) is 6.11. The smallest absolute Gasteiger partial charge is 0.221 e. The molecule has 0 radical (unpaired) electrons. The second-order valence-corrected chi connectivity index (χ2v) is 2.84. The molecule has 0 atom stereocenters. The molecule has 3 nitrogen and oxygen atoms in total. The molecule has 0 aromatic heterocycles. The predicted octanol–water partition coefficient (Wildman–Crippen LogP) is 1.65. The first-order valence-corrected chi connectivity index (χ1v) is 4.43. The summed E-state index contributed by atoms with van der Waals surface area (Å²) in [6.07, 6.45) is 0. The lowest BCUT2D eigenvalue weighted by Gasteiger charge is -1.96. The molecular formula is C11H12O3. The molecule has 0 amide bonds. The van der Waals surface area contributed by atoms with E-state index in [1.165, 1.54) is 13.0 Å². The molecule has 0 bridgehead atoms. The van der Waals surface area contributed by atoms with Crippen molar-refractivity contribution in [2.75, 3.05) is 6.61 Å². The van der Waals surface area contributed by atoms with Gasteiger partial charge >= 0.3 is 0 Å².